The zero-order chi connectivity index (χ0) is 12.0. The van der Waals surface area contributed by atoms with Gasteiger partial charge in [0.1, 0.15) is 11.6 Å². The molecule has 3 aromatic heterocycles. The van der Waals surface area contributed by atoms with Gasteiger partial charge in [-0.15, -0.1) is 0 Å². The van der Waals surface area contributed by atoms with Gasteiger partial charge in [0.25, 0.3) is 5.56 Å². The Hall–Kier alpha value is -2.68. The third-order valence-corrected chi connectivity index (χ3v) is 2.64. The van der Waals surface area contributed by atoms with Crippen molar-refractivity contribution in [1.82, 2.24) is 19.6 Å². The summed E-state index contributed by atoms with van der Waals surface area (Å²) < 4.78 is 1.49. The van der Waals surface area contributed by atoms with Crippen LogP contribution in [0.15, 0.2) is 23.1 Å². The number of hydrogen-bond donors (Lipinski definition) is 1. The van der Waals surface area contributed by atoms with Crippen LogP contribution in [-0.4, -0.2) is 19.6 Å². The Labute approximate surface area is 95.1 Å². The molecule has 3 heterocycles. The number of nitriles is 1. The first-order valence-electron chi connectivity index (χ1n) is 4.99. The molecule has 0 bridgehead atoms. The van der Waals surface area contributed by atoms with Crippen molar-refractivity contribution >= 4 is 16.7 Å². The second-order valence-electron chi connectivity index (χ2n) is 3.66. The van der Waals surface area contributed by atoms with Crippen LogP contribution in [0.3, 0.4) is 0 Å². The summed E-state index contributed by atoms with van der Waals surface area (Å²) in [6.45, 7) is 1.72. The van der Waals surface area contributed by atoms with Gasteiger partial charge in [-0.3, -0.25) is 4.79 Å². The predicted molar refractivity (Wildman–Crippen MR) is 60.6 cm³/mol. The monoisotopic (exact) mass is 225 g/mol. The van der Waals surface area contributed by atoms with Crippen molar-refractivity contribution in [2.45, 2.75) is 6.92 Å². The third-order valence-electron chi connectivity index (χ3n) is 2.64. The first kappa shape index (κ1) is 9.54. The smallest absolute Gasteiger partial charge is 0.260 e. The highest BCUT2D eigenvalue weighted by molar-refractivity contribution is 5.77. The molecular formula is C11H7N5O. The average molecular weight is 225 g/mol. The second-order valence-corrected chi connectivity index (χ2v) is 3.66. The van der Waals surface area contributed by atoms with Crippen molar-refractivity contribution in [3.63, 3.8) is 0 Å². The van der Waals surface area contributed by atoms with Gasteiger partial charge in [-0.1, -0.05) is 0 Å². The number of nitrogens with zero attached hydrogens (tertiary/aromatic N) is 4. The van der Waals surface area contributed by atoms with Gasteiger partial charge in [0, 0.05) is 6.20 Å². The molecule has 0 aliphatic rings. The standard InChI is InChI=1S/C11H7N5O/c1-6-8(5-12)10-14-11(17)7-3-2-4-13-9(7)16(10)15-6/h2-4H,1H3,(H,14,17). The molecule has 0 aliphatic carbocycles. The minimum Gasteiger partial charge on any atom is -0.305 e. The Bertz CT molecular complexity index is 837. The fourth-order valence-corrected chi connectivity index (χ4v) is 1.85. The van der Waals surface area contributed by atoms with Gasteiger partial charge in [0.15, 0.2) is 11.3 Å². The molecule has 0 aliphatic heterocycles. The summed E-state index contributed by atoms with van der Waals surface area (Å²) in [6.07, 6.45) is 1.59. The van der Waals surface area contributed by atoms with Gasteiger partial charge in [-0.2, -0.15) is 14.9 Å². The largest absolute Gasteiger partial charge is 0.305 e. The van der Waals surface area contributed by atoms with Crippen LogP contribution in [0.2, 0.25) is 0 Å². The minimum atomic E-state index is -0.267. The van der Waals surface area contributed by atoms with Crippen LogP contribution in [0.1, 0.15) is 11.3 Å². The fraction of sp³-hybridized carbons (Fsp3) is 0.0909. The van der Waals surface area contributed by atoms with E-state index in [0.717, 1.165) is 0 Å². The Kier molecular flexibility index (Phi) is 1.77. The van der Waals surface area contributed by atoms with Gasteiger partial charge >= 0.3 is 0 Å². The molecule has 6 heteroatoms. The highest BCUT2D eigenvalue weighted by Crippen LogP contribution is 2.14. The van der Waals surface area contributed by atoms with E-state index in [2.05, 4.69) is 15.1 Å². The number of hydrogen-bond acceptors (Lipinski definition) is 4. The first-order valence-corrected chi connectivity index (χ1v) is 4.99. The average Bonchev–Trinajstić information content (AvgIpc) is 2.66. The number of aryl methyl sites for hydroxylation is 1. The molecule has 0 radical (unpaired) electrons. The Morgan fingerprint density at radius 1 is 1.53 bits per heavy atom. The molecule has 0 atom stereocenters. The molecule has 0 saturated heterocycles. The fourth-order valence-electron chi connectivity index (χ4n) is 1.85. The van der Waals surface area contributed by atoms with Crippen LogP contribution in [0, 0.1) is 18.3 Å². The summed E-state index contributed by atoms with van der Waals surface area (Å²) in [4.78, 5) is 18.6. The molecule has 3 aromatic rings. The van der Waals surface area contributed by atoms with E-state index in [9.17, 15) is 4.79 Å². The van der Waals surface area contributed by atoms with Crippen LogP contribution in [0.5, 0.6) is 0 Å². The molecule has 0 spiro atoms. The highest BCUT2D eigenvalue weighted by atomic mass is 16.1. The van der Waals surface area contributed by atoms with Crippen LogP contribution in [0.4, 0.5) is 0 Å². The first-order chi connectivity index (χ1) is 8.22. The summed E-state index contributed by atoms with van der Waals surface area (Å²) in [5.41, 5.74) is 1.52. The lowest BCUT2D eigenvalue weighted by atomic mass is 10.3. The van der Waals surface area contributed by atoms with Crippen molar-refractivity contribution in [1.29, 1.82) is 5.26 Å². The van der Waals surface area contributed by atoms with E-state index >= 15 is 0 Å². The van der Waals surface area contributed by atoms with Gasteiger partial charge in [0.05, 0.1) is 11.1 Å². The van der Waals surface area contributed by atoms with E-state index in [1.165, 1.54) is 4.52 Å². The van der Waals surface area contributed by atoms with E-state index in [-0.39, 0.29) is 5.56 Å². The lowest BCUT2D eigenvalue weighted by Crippen LogP contribution is -2.11. The molecule has 0 amide bonds. The normalized spacial score (nSPS) is 10.8. The Balaban J connectivity index is 2.68. The number of fused-ring (bicyclic) bond motifs is 3. The summed E-state index contributed by atoms with van der Waals surface area (Å²) in [5.74, 6) is 0. The number of rotatable bonds is 0. The maximum atomic E-state index is 11.8. The van der Waals surface area contributed by atoms with Gasteiger partial charge < -0.3 is 4.98 Å². The van der Waals surface area contributed by atoms with Crippen LogP contribution in [-0.2, 0) is 0 Å². The topological polar surface area (TPSA) is 86.8 Å². The van der Waals surface area contributed by atoms with E-state index in [0.29, 0.717) is 27.9 Å². The highest BCUT2D eigenvalue weighted by Gasteiger charge is 2.13. The Morgan fingerprint density at radius 2 is 2.35 bits per heavy atom. The number of nitrogens with one attached hydrogen (secondary N) is 1. The van der Waals surface area contributed by atoms with E-state index in [4.69, 9.17) is 5.26 Å². The minimum absolute atomic E-state index is 0.267. The maximum Gasteiger partial charge on any atom is 0.260 e. The van der Waals surface area contributed by atoms with E-state index in [1.807, 2.05) is 6.07 Å². The summed E-state index contributed by atoms with van der Waals surface area (Å²) in [6, 6.07) is 5.38. The molecular weight excluding hydrogens is 218 g/mol. The molecule has 0 saturated carbocycles. The molecule has 0 aromatic carbocycles. The van der Waals surface area contributed by atoms with Crippen LogP contribution >= 0.6 is 0 Å². The van der Waals surface area contributed by atoms with E-state index in [1.54, 1.807) is 25.3 Å². The number of aromatic amines is 1. The van der Waals surface area contributed by atoms with Crippen molar-refractivity contribution in [2.75, 3.05) is 0 Å². The quantitative estimate of drug-likeness (QED) is 0.611. The molecule has 0 fully saturated rings. The molecule has 0 unspecified atom stereocenters. The van der Waals surface area contributed by atoms with Gasteiger partial charge in [-0.05, 0) is 19.1 Å². The number of pyridine rings is 1. The van der Waals surface area contributed by atoms with Crippen molar-refractivity contribution in [3.8, 4) is 6.07 Å². The van der Waals surface area contributed by atoms with Crippen molar-refractivity contribution in [2.24, 2.45) is 0 Å². The third kappa shape index (κ3) is 1.16. The van der Waals surface area contributed by atoms with E-state index < -0.39 is 0 Å². The lowest BCUT2D eigenvalue weighted by Gasteiger charge is -1.98. The molecule has 17 heavy (non-hydrogen) atoms. The van der Waals surface area contributed by atoms with Gasteiger partial charge in [-0.25, -0.2) is 4.98 Å². The van der Waals surface area contributed by atoms with Gasteiger partial charge in [0.2, 0.25) is 0 Å². The van der Waals surface area contributed by atoms with Crippen LogP contribution in [0.25, 0.3) is 16.7 Å². The molecule has 3 rings (SSSR count). The van der Waals surface area contributed by atoms with Crippen molar-refractivity contribution in [3.05, 3.63) is 39.9 Å². The molecule has 6 nitrogen and oxygen atoms in total. The summed E-state index contributed by atoms with van der Waals surface area (Å²) in [5, 5.41) is 13.7. The molecule has 82 valence electrons. The second kappa shape index (κ2) is 3.15. The zero-order valence-corrected chi connectivity index (χ0v) is 8.93. The SMILES string of the molecule is Cc1nn2c([nH]c(=O)c3cccnc32)c1C#N. The maximum absolute atomic E-state index is 11.8. The lowest BCUT2D eigenvalue weighted by molar-refractivity contribution is 0.934. The Morgan fingerprint density at radius 3 is 3.12 bits per heavy atom. The zero-order valence-electron chi connectivity index (χ0n) is 8.93. The number of aromatic nitrogens is 4. The molecule has 1 N–H and O–H groups in total. The van der Waals surface area contributed by atoms with Crippen LogP contribution < -0.4 is 5.56 Å². The predicted octanol–water partition coefficient (Wildman–Crippen LogP) is 0.751. The summed E-state index contributed by atoms with van der Waals surface area (Å²) >= 11 is 0. The summed E-state index contributed by atoms with van der Waals surface area (Å²) in [7, 11) is 0. The van der Waals surface area contributed by atoms with Crippen molar-refractivity contribution < 1.29 is 0 Å². The number of H-pyrrole nitrogens is 1.